The van der Waals surface area contributed by atoms with Gasteiger partial charge < -0.3 is 10.6 Å². The van der Waals surface area contributed by atoms with E-state index in [1.165, 1.54) is 18.2 Å². The van der Waals surface area contributed by atoms with Gasteiger partial charge in [0.2, 0.25) is 11.8 Å². The lowest BCUT2D eigenvalue weighted by atomic mass is 10.1. The van der Waals surface area contributed by atoms with Gasteiger partial charge in [-0.15, -0.1) is 0 Å². The van der Waals surface area contributed by atoms with Crippen LogP contribution in [0.25, 0.3) is 6.08 Å². The highest BCUT2D eigenvalue weighted by molar-refractivity contribution is 5.94. The Labute approximate surface area is 132 Å². The number of alkyl halides is 3. The Morgan fingerprint density at radius 2 is 1.65 bits per heavy atom. The molecule has 0 saturated heterocycles. The van der Waals surface area contributed by atoms with Crippen molar-refractivity contribution in [2.75, 3.05) is 6.54 Å². The molecule has 4 nitrogen and oxygen atoms in total. The van der Waals surface area contributed by atoms with Gasteiger partial charge in [0.25, 0.3) is 0 Å². The van der Waals surface area contributed by atoms with Crippen LogP contribution in [0.3, 0.4) is 0 Å². The maximum Gasteiger partial charge on any atom is 0.416 e. The summed E-state index contributed by atoms with van der Waals surface area (Å²) in [6, 6.07) is 4.40. The van der Waals surface area contributed by atoms with Crippen molar-refractivity contribution < 1.29 is 22.8 Å². The van der Waals surface area contributed by atoms with Crippen LogP contribution in [-0.2, 0) is 15.8 Å². The Kier molecular flexibility index (Phi) is 5.95. The summed E-state index contributed by atoms with van der Waals surface area (Å²) >= 11 is 0. The van der Waals surface area contributed by atoms with Gasteiger partial charge in [0.15, 0.2) is 0 Å². The molecule has 0 radical (unpaired) electrons. The minimum atomic E-state index is -4.39. The van der Waals surface area contributed by atoms with Gasteiger partial charge in [-0.05, 0) is 44.5 Å². The van der Waals surface area contributed by atoms with Crippen LogP contribution >= 0.6 is 0 Å². The monoisotopic (exact) mass is 328 g/mol. The van der Waals surface area contributed by atoms with Crippen LogP contribution in [0.15, 0.2) is 30.3 Å². The van der Waals surface area contributed by atoms with Crippen LogP contribution in [0.1, 0.15) is 31.9 Å². The third-order valence-corrected chi connectivity index (χ3v) is 2.60. The molecule has 23 heavy (non-hydrogen) atoms. The van der Waals surface area contributed by atoms with E-state index in [0.29, 0.717) is 5.56 Å². The van der Waals surface area contributed by atoms with Crippen molar-refractivity contribution in [3.8, 4) is 0 Å². The molecule has 7 heteroatoms. The molecule has 0 aliphatic heterocycles. The second-order valence-electron chi connectivity index (χ2n) is 5.97. The van der Waals surface area contributed by atoms with Crippen molar-refractivity contribution in [2.24, 2.45) is 0 Å². The summed E-state index contributed by atoms with van der Waals surface area (Å²) in [5.41, 5.74) is -0.692. The zero-order valence-corrected chi connectivity index (χ0v) is 13.1. The molecular formula is C16H19F3N2O2. The Morgan fingerprint density at radius 3 is 2.13 bits per heavy atom. The lowest BCUT2D eigenvalue weighted by Gasteiger charge is -2.20. The zero-order valence-electron chi connectivity index (χ0n) is 13.1. The largest absolute Gasteiger partial charge is 0.416 e. The van der Waals surface area contributed by atoms with Crippen molar-refractivity contribution in [3.63, 3.8) is 0 Å². The van der Waals surface area contributed by atoms with Crippen LogP contribution in [0, 0.1) is 0 Å². The Bertz CT molecular complexity index is 585. The standard InChI is InChI=1S/C16H19F3N2O2/c1-15(2,3)21-14(23)10-20-13(22)9-6-11-4-7-12(8-5-11)16(17,18)19/h4-9H,10H2,1-3H3,(H,20,22)(H,21,23)/b9-6+. The summed E-state index contributed by atoms with van der Waals surface area (Å²) in [5.74, 6) is -0.831. The van der Waals surface area contributed by atoms with Crippen LogP contribution in [0.5, 0.6) is 0 Å². The van der Waals surface area contributed by atoms with Crippen molar-refractivity contribution in [3.05, 3.63) is 41.5 Å². The van der Waals surface area contributed by atoms with E-state index < -0.39 is 23.2 Å². The Hall–Kier alpha value is -2.31. The normalized spacial score (nSPS) is 12.3. The van der Waals surface area contributed by atoms with E-state index >= 15 is 0 Å². The molecule has 0 aromatic heterocycles. The molecule has 1 rings (SSSR count). The first kappa shape index (κ1) is 18.7. The highest BCUT2D eigenvalue weighted by atomic mass is 19.4. The second-order valence-corrected chi connectivity index (χ2v) is 5.97. The number of benzene rings is 1. The quantitative estimate of drug-likeness (QED) is 0.835. The number of carbonyl (C=O) groups is 2. The van der Waals surface area contributed by atoms with E-state index in [4.69, 9.17) is 0 Å². The summed E-state index contributed by atoms with van der Waals surface area (Å²) < 4.78 is 37.2. The summed E-state index contributed by atoms with van der Waals surface area (Å²) in [6.07, 6.45) is -1.86. The predicted octanol–water partition coefficient (Wildman–Crippen LogP) is 2.75. The molecule has 0 fully saturated rings. The number of rotatable bonds is 4. The van der Waals surface area contributed by atoms with Crippen LogP contribution < -0.4 is 10.6 Å². The van der Waals surface area contributed by atoms with E-state index in [2.05, 4.69) is 10.6 Å². The van der Waals surface area contributed by atoms with Gasteiger partial charge in [-0.3, -0.25) is 9.59 Å². The molecule has 0 unspecified atom stereocenters. The number of hydrogen-bond donors (Lipinski definition) is 2. The van der Waals surface area contributed by atoms with Gasteiger partial charge in [0.1, 0.15) is 0 Å². The third-order valence-electron chi connectivity index (χ3n) is 2.60. The first-order valence-electron chi connectivity index (χ1n) is 6.91. The van der Waals surface area contributed by atoms with Crippen LogP contribution in [0.2, 0.25) is 0 Å². The first-order valence-corrected chi connectivity index (χ1v) is 6.91. The molecule has 0 bridgehead atoms. The molecule has 1 aromatic rings. The van der Waals surface area contributed by atoms with E-state index in [1.54, 1.807) is 0 Å². The van der Waals surface area contributed by atoms with E-state index in [0.717, 1.165) is 18.2 Å². The van der Waals surface area contributed by atoms with E-state index in [9.17, 15) is 22.8 Å². The second kappa shape index (κ2) is 7.30. The third kappa shape index (κ3) is 7.49. The maximum atomic E-state index is 12.4. The Morgan fingerprint density at radius 1 is 1.09 bits per heavy atom. The minimum absolute atomic E-state index is 0.173. The molecule has 0 heterocycles. The average molecular weight is 328 g/mol. The van der Waals surface area contributed by atoms with Gasteiger partial charge in [0.05, 0.1) is 12.1 Å². The molecule has 2 N–H and O–H groups in total. The fraction of sp³-hybridized carbons (Fsp3) is 0.375. The molecule has 0 aliphatic rings. The topological polar surface area (TPSA) is 58.2 Å². The average Bonchev–Trinajstić information content (AvgIpc) is 2.40. The summed E-state index contributed by atoms with van der Waals surface area (Å²) in [7, 11) is 0. The van der Waals surface area contributed by atoms with Gasteiger partial charge in [-0.25, -0.2) is 0 Å². The lowest BCUT2D eigenvalue weighted by molar-refractivity contribution is -0.137. The number of amides is 2. The molecular weight excluding hydrogens is 309 g/mol. The molecule has 0 spiro atoms. The van der Waals surface area contributed by atoms with Crippen molar-refractivity contribution in [2.45, 2.75) is 32.5 Å². The first-order chi connectivity index (χ1) is 10.5. The van der Waals surface area contributed by atoms with Crippen LogP contribution in [0.4, 0.5) is 13.2 Å². The fourth-order valence-electron chi connectivity index (χ4n) is 1.64. The lowest BCUT2D eigenvalue weighted by Crippen LogP contribution is -2.45. The molecule has 0 atom stereocenters. The van der Waals surface area contributed by atoms with Gasteiger partial charge >= 0.3 is 6.18 Å². The van der Waals surface area contributed by atoms with Gasteiger partial charge in [-0.2, -0.15) is 13.2 Å². The summed E-state index contributed by atoms with van der Waals surface area (Å²) in [4.78, 5) is 23.1. The van der Waals surface area contributed by atoms with Crippen LogP contribution in [-0.4, -0.2) is 23.9 Å². The van der Waals surface area contributed by atoms with Gasteiger partial charge in [-0.1, -0.05) is 12.1 Å². The highest BCUT2D eigenvalue weighted by Crippen LogP contribution is 2.29. The smallest absolute Gasteiger partial charge is 0.350 e. The maximum absolute atomic E-state index is 12.4. The summed E-state index contributed by atoms with van der Waals surface area (Å²) in [5, 5.41) is 5.08. The highest BCUT2D eigenvalue weighted by Gasteiger charge is 2.29. The fourth-order valence-corrected chi connectivity index (χ4v) is 1.64. The van der Waals surface area contributed by atoms with Crippen molar-refractivity contribution in [1.82, 2.24) is 10.6 Å². The number of nitrogens with one attached hydrogen (secondary N) is 2. The Balaban J connectivity index is 2.51. The molecule has 1 aromatic carbocycles. The van der Waals surface area contributed by atoms with E-state index in [1.807, 2.05) is 20.8 Å². The molecule has 2 amide bonds. The number of hydrogen-bond acceptors (Lipinski definition) is 2. The van der Waals surface area contributed by atoms with Gasteiger partial charge in [0, 0.05) is 11.6 Å². The van der Waals surface area contributed by atoms with E-state index in [-0.39, 0.29) is 12.5 Å². The SMILES string of the molecule is CC(C)(C)NC(=O)CNC(=O)/C=C/c1ccc(C(F)(F)F)cc1. The molecule has 126 valence electrons. The number of carbonyl (C=O) groups excluding carboxylic acids is 2. The zero-order chi connectivity index (χ0) is 17.7. The van der Waals surface area contributed by atoms with Crippen molar-refractivity contribution >= 4 is 17.9 Å². The number of halogens is 3. The summed E-state index contributed by atoms with van der Waals surface area (Å²) in [6.45, 7) is 5.28. The van der Waals surface area contributed by atoms with Crippen molar-refractivity contribution in [1.29, 1.82) is 0 Å². The molecule has 0 saturated carbocycles. The minimum Gasteiger partial charge on any atom is -0.350 e. The predicted molar refractivity (Wildman–Crippen MR) is 81.4 cm³/mol. The molecule has 0 aliphatic carbocycles.